The van der Waals surface area contributed by atoms with Crippen LogP contribution in [-0.2, 0) is 9.16 Å². The van der Waals surface area contributed by atoms with E-state index in [9.17, 15) is 5.11 Å². The van der Waals surface area contributed by atoms with E-state index in [0.29, 0.717) is 5.92 Å². The van der Waals surface area contributed by atoms with Crippen molar-refractivity contribution in [2.45, 2.75) is 109 Å². The summed E-state index contributed by atoms with van der Waals surface area (Å²) >= 11 is 0. The van der Waals surface area contributed by atoms with Gasteiger partial charge in [-0.2, -0.15) is 0 Å². The first-order chi connectivity index (χ1) is 13.3. The Morgan fingerprint density at radius 1 is 1.00 bits per heavy atom. The van der Waals surface area contributed by atoms with Gasteiger partial charge in [0.25, 0.3) is 0 Å². The largest absolute Gasteiger partial charge is 0.414 e. The zero-order valence-corrected chi connectivity index (χ0v) is 21.1. The van der Waals surface area contributed by atoms with Crippen LogP contribution in [-0.4, -0.2) is 38.3 Å². The highest BCUT2D eigenvalue weighted by atomic mass is 28.4. The van der Waals surface area contributed by atoms with Gasteiger partial charge in [-0.1, -0.05) is 27.7 Å². The van der Waals surface area contributed by atoms with Gasteiger partial charge in [-0.15, -0.1) is 0 Å². The summed E-state index contributed by atoms with van der Waals surface area (Å²) in [5.74, 6) is 4.01. The maximum absolute atomic E-state index is 10.6. The lowest BCUT2D eigenvalue weighted by atomic mass is 9.49. The molecule has 1 aliphatic heterocycles. The average molecular weight is 423 g/mol. The molecule has 0 spiro atoms. The second-order valence-corrected chi connectivity index (χ2v) is 17.9. The van der Waals surface area contributed by atoms with Gasteiger partial charge in [0.15, 0.2) is 8.32 Å². The minimum atomic E-state index is -1.74. The van der Waals surface area contributed by atoms with Crippen molar-refractivity contribution in [2.75, 3.05) is 13.2 Å². The molecule has 3 aliphatic carbocycles. The van der Waals surface area contributed by atoms with Crippen LogP contribution in [0.2, 0.25) is 18.1 Å². The summed E-state index contributed by atoms with van der Waals surface area (Å²) in [6.45, 7) is 18.0. The molecule has 29 heavy (non-hydrogen) atoms. The van der Waals surface area contributed by atoms with Crippen LogP contribution in [0.4, 0.5) is 0 Å². The first-order valence-electron chi connectivity index (χ1n) is 12.3. The third-order valence-corrected chi connectivity index (χ3v) is 14.8. The van der Waals surface area contributed by atoms with Gasteiger partial charge < -0.3 is 14.3 Å². The molecule has 0 aromatic heterocycles. The normalized spacial score (nSPS) is 48.0. The zero-order chi connectivity index (χ0) is 21.2. The van der Waals surface area contributed by atoms with Crippen molar-refractivity contribution in [1.82, 2.24) is 0 Å². The Bertz CT molecular complexity index is 610. The Morgan fingerprint density at radius 2 is 1.69 bits per heavy atom. The van der Waals surface area contributed by atoms with Crippen LogP contribution >= 0.6 is 0 Å². The van der Waals surface area contributed by atoms with Crippen LogP contribution in [0.1, 0.15) is 79.6 Å². The van der Waals surface area contributed by atoms with E-state index in [1.165, 1.54) is 32.1 Å². The Kier molecular flexibility index (Phi) is 5.63. The van der Waals surface area contributed by atoms with Crippen molar-refractivity contribution in [1.29, 1.82) is 0 Å². The summed E-state index contributed by atoms with van der Waals surface area (Å²) < 4.78 is 13.1. The van der Waals surface area contributed by atoms with Crippen LogP contribution in [0.15, 0.2) is 0 Å². The zero-order valence-electron chi connectivity index (χ0n) is 20.1. The van der Waals surface area contributed by atoms with Gasteiger partial charge in [0.1, 0.15) is 0 Å². The molecule has 0 radical (unpaired) electrons. The predicted octanol–water partition coefficient (Wildman–Crippen LogP) is 6.02. The summed E-state index contributed by atoms with van der Waals surface area (Å²) in [6, 6.07) is 0. The van der Waals surface area contributed by atoms with E-state index in [-0.39, 0.29) is 16.6 Å². The Hall–Kier alpha value is 0.0969. The predicted molar refractivity (Wildman–Crippen MR) is 121 cm³/mol. The maximum Gasteiger partial charge on any atom is 0.192 e. The lowest BCUT2D eigenvalue weighted by Crippen LogP contribution is -2.52. The van der Waals surface area contributed by atoms with Crippen LogP contribution in [0.5, 0.6) is 0 Å². The fourth-order valence-corrected chi connectivity index (χ4v) is 8.29. The molecule has 1 saturated heterocycles. The van der Waals surface area contributed by atoms with E-state index in [2.05, 4.69) is 47.7 Å². The van der Waals surface area contributed by atoms with E-state index >= 15 is 0 Å². The van der Waals surface area contributed by atoms with Crippen molar-refractivity contribution >= 4 is 8.32 Å². The number of hydrogen-bond acceptors (Lipinski definition) is 3. The van der Waals surface area contributed by atoms with Gasteiger partial charge >= 0.3 is 0 Å². The molecule has 8 atom stereocenters. The van der Waals surface area contributed by atoms with Crippen molar-refractivity contribution in [3.63, 3.8) is 0 Å². The quantitative estimate of drug-likeness (QED) is 0.565. The fourth-order valence-electron chi connectivity index (χ4n) is 7.29. The minimum absolute atomic E-state index is 0.254. The second kappa shape index (κ2) is 7.32. The fraction of sp³-hybridized carbons (Fsp3) is 1.00. The molecule has 0 bridgehead atoms. The van der Waals surface area contributed by atoms with Crippen molar-refractivity contribution in [3.8, 4) is 0 Å². The lowest BCUT2D eigenvalue weighted by molar-refractivity contribution is -0.0962. The number of ether oxygens (including phenoxy) is 1. The SMILES string of the molecule is CC(C)(C)[Si](C)(C)OC[C@H]1OC[C@H]2[C@@H]3CC[C@@H]4C[C@](C)(O)CC[C@@H]4[C@H]3CC[C@]12C. The monoisotopic (exact) mass is 422 g/mol. The van der Waals surface area contributed by atoms with Gasteiger partial charge in [0, 0.05) is 5.41 Å². The van der Waals surface area contributed by atoms with Crippen LogP contribution < -0.4 is 0 Å². The molecular formula is C25H46O3Si. The van der Waals surface area contributed by atoms with E-state index in [4.69, 9.17) is 9.16 Å². The van der Waals surface area contributed by atoms with Crippen LogP contribution in [0.25, 0.3) is 0 Å². The third-order valence-electron chi connectivity index (χ3n) is 10.3. The summed E-state index contributed by atoms with van der Waals surface area (Å²) in [6.07, 6.45) is 8.86. The smallest absolute Gasteiger partial charge is 0.192 e. The molecule has 0 aromatic carbocycles. The molecule has 1 heterocycles. The third kappa shape index (κ3) is 3.89. The Morgan fingerprint density at radius 3 is 2.38 bits per heavy atom. The molecular weight excluding hydrogens is 376 g/mol. The standard InChI is InChI=1S/C25H46O3Si/c1-23(2,3)29(6,7)28-16-22-25(5)13-11-19-18-10-12-24(4,26)14-17(18)8-9-20(19)21(25)15-27-22/h17-22,26H,8-16H2,1-7H3/t17-,18+,19-,20-,21+,22-,24-,25+/m1/s1. The molecule has 1 N–H and O–H groups in total. The average Bonchev–Trinajstić information content (AvgIpc) is 2.94. The molecule has 4 fully saturated rings. The van der Waals surface area contributed by atoms with Crippen LogP contribution in [0.3, 0.4) is 0 Å². The van der Waals surface area contributed by atoms with Gasteiger partial charge in [0.05, 0.1) is 24.9 Å². The van der Waals surface area contributed by atoms with E-state index in [1.54, 1.807) is 0 Å². The molecule has 3 saturated carbocycles. The van der Waals surface area contributed by atoms with E-state index < -0.39 is 13.9 Å². The molecule has 168 valence electrons. The minimum Gasteiger partial charge on any atom is -0.414 e. The topological polar surface area (TPSA) is 38.7 Å². The van der Waals surface area contributed by atoms with Crippen molar-refractivity contribution in [2.24, 2.45) is 35.0 Å². The highest BCUT2D eigenvalue weighted by Gasteiger charge is 2.58. The highest BCUT2D eigenvalue weighted by molar-refractivity contribution is 6.74. The summed E-state index contributed by atoms with van der Waals surface area (Å²) in [4.78, 5) is 0. The van der Waals surface area contributed by atoms with Crippen LogP contribution in [0, 0.1) is 35.0 Å². The molecule has 0 amide bonds. The lowest BCUT2D eigenvalue weighted by Gasteiger charge is -2.56. The van der Waals surface area contributed by atoms with Gasteiger partial charge in [0.2, 0.25) is 0 Å². The Balaban J connectivity index is 1.44. The molecule has 4 rings (SSSR count). The van der Waals surface area contributed by atoms with Gasteiger partial charge in [-0.05, 0) is 99.6 Å². The number of hydrogen-bond donors (Lipinski definition) is 1. The number of aliphatic hydroxyl groups is 1. The Labute approximate surface area is 180 Å². The summed E-state index contributed by atoms with van der Waals surface area (Å²) in [7, 11) is -1.74. The summed E-state index contributed by atoms with van der Waals surface area (Å²) in [5, 5.41) is 10.8. The van der Waals surface area contributed by atoms with Crippen molar-refractivity contribution < 1.29 is 14.3 Å². The van der Waals surface area contributed by atoms with Gasteiger partial charge in [-0.3, -0.25) is 0 Å². The maximum atomic E-state index is 10.6. The first-order valence-corrected chi connectivity index (χ1v) is 15.2. The first kappa shape index (κ1) is 22.3. The summed E-state index contributed by atoms with van der Waals surface area (Å²) in [5.41, 5.74) is -0.129. The molecule has 3 nitrogen and oxygen atoms in total. The molecule has 0 unspecified atom stereocenters. The number of fused-ring (bicyclic) bond motifs is 5. The molecule has 4 aliphatic rings. The van der Waals surface area contributed by atoms with E-state index in [1.807, 2.05) is 0 Å². The number of rotatable bonds is 3. The van der Waals surface area contributed by atoms with Crippen molar-refractivity contribution in [3.05, 3.63) is 0 Å². The molecule has 4 heteroatoms. The second-order valence-electron chi connectivity index (χ2n) is 13.1. The highest BCUT2D eigenvalue weighted by Crippen LogP contribution is 2.61. The molecule has 0 aromatic rings. The van der Waals surface area contributed by atoms with Gasteiger partial charge in [-0.25, -0.2) is 0 Å². The van der Waals surface area contributed by atoms with E-state index in [0.717, 1.165) is 49.7 Å².